The first-order valence-corrected chi connectivity index (χ1v) is 11.6. The molecule has 0 saturated heterocycles. The van der Waals surface area contributed by atoms with Gasteiger partial charge in [-0.15, -0.1) is 0 Å². The fourth-order valence-electron chi connectivity index (χ4n) is 6.77. The van der Waals surface area contributed by atoms with Crippen LogP contribution in [0.4, 0.5) is 5.69 Å². The monoisotopic (exact) mass is 411 g/mol. The molecule has 1 aromatic rings. The number of nitrogens with one attached hydrogen (secondary N) is 2. The summed E-state index contributed by atoms with van der Waals surface area (Å²) in [5.41, 5.74) is 3.38. The van der Waals surface area contributed by atoms with Crippen molar-refractivity contribution >= 4 is 17.5 Å². The van der Waals surface area contributed by atoms with Crippen molar-refractivity contribution in [2.45, 2.75) is 65.3 Å². The van der Waals surface area contributed by atoms with Gasteiger partial charge in [-0.2, -0.15) is 0 Å². The summed E-state index contributed by atoms with van der Waals surface area (Å²) in [6, 6.07) is 6.11. The molecular formula is C25H37N3O2. The minimum absolute atomic E-state index is 0.0280. The van der Waals surface area contributed by atoms with Crippen molar-refractivity contribution in [3.05, 3.63) is 29.3 Å². The van der Waals surface area contributed by atoms with E-state index in [1.165, 1.54) is 38.5 Å². The third kappa shape index (κ3) is 4.41. The largest absolute Gasteiger partial charge is 0.352 e. The van der Waals surface area contributed by atoms with Crippen LogP contribution in [0.25, 0.3) is 0 Å². The van der Waals surface area contributed by atoms with E-state index in [1.54, 1.807) is 4.90 Å². The highest BCUT2D eigenvalue weighted by molar-refractivity contribution is 5.93. The minimum atomic E-state index is -0.0897. The minimum Gasteiger partial charge on any atom is -0.352 e. The summed E-state index contributed by atoms with van der Waals surface area (Å²) >= 11 is 0. The van der Waals surface area contributed by atoms with Crippen LogP contribution in [0.1, 0.15) is 56.6 Å². The Balaban J connectivity index is 1.26. The van der Waals surface area contributed by atoms with Crippen molar-refractivity contribution < 1.29 is 9.59 Å². The topological polar surface area (TPSA) is 61.4 Å². The average Bonchev–Trinajstić information content (AvgIpc) is 2.64. The SMILES string of the molecule is Cc1cccc(NC(=O)CN(C)CC(=O)N[C@@H](C)C23CC4CC(CC(C4)C2)C3)c1C. The molecule has 2 N–H and O–H groups in total. The van der Waals surface area contributed by atoms with E-state index in [9.17, 15) is 9.59 Å². The van der Waals surface area contributed by atoms with Gasteiger partial charge in [-0.25, -0.2) is 0 Å². The van der Waals surface area contributed by atoms with Gasteiger partial charge in [-0.3, -0.25) is 14.5 Å². The molecule has 164 valence electrons. The summed E-state index contributed by atoms with van der Waals surface area (Å²) in [5, 5.41) is 6.27. The predicted molar refractivity (Wildman–Crippen MR) is 120 cm³/mol. The fraction of sp³-hybridized carbons (Fsp3) is 0.680. The predicted octanol–water partition coefficient (Wildman–Crippen LogP) is 3.89. The maximum Gasteiger partial charge on any atom is 0.238 e. The van der Waals surface area contributed by atoms with Crippen molar-refractivity contribution in [2.75, 3.05) is 25.5 Å². The van der Waals surface area contributed by atoms with Gasteiger partial charge in [0.15, 0.2) is 0 Å². The van der Waals surface area contributed by atoms with Crippen LogP contribution in [0.15, 0.2) is 18.2 Å². The zero-order valence-corrected chi connectivity index (χ0v) is 19.0. The second kappa shape index (κ2) is 8.33. The van der Waals surface area contributed by atoms with Crippen LogP contribution in [-0.4, -0.2) is 42.9 Å². The number of carbonyl (C=O) groups excluding carboxylic acids is 2. The molecule has 0 unspecified atom stereocenters. The van der Waals surface area contributed by atoms with E-state index in [0.29, 0.717) is 5.41 Å². The van der Waals surface area contributed by atoms with Crippen LogP contribution in [0.2, 0.25) is 0 Å². The summed E-state index contributed by atoms with van der Waals surface area (Å²) in [6.07, 6.45) is 8.10. The van der Waals surface area contributed by atoms with Crippen molar-refractivity contribution in [3.63, 3.8) is 0 Å². The van der Waals surface area contributed by atoms with E-state index >= 15 is 0 Å². The first kappa shape index (κ1) is 21.4. The first-order valence-electron chi connectivity index (χ1n) is 11.6. The van der Waals surface area contributed by atoms with Gasteiger partial charge < -0.3 is 10.6 Å². The van der Waals surface area contributed by atoms with E-state index in [-0.39, 0.29) is 30.9 Å². The van der Waals surface area contributed by atoms with E-state index in [0.717, 1.165) is 34.6 Å². The van der Waals surface area contributed by atoms with Crippen molar-refractivity contribution in [2.24, 2.45) is 23.2 Å². The molecule has 0 radical (unpaired) electrons. The molecule has 5 rings (SSSR count). The van der Waals surface area contributed by atoms with E-state index in [2.05, 4.69) is 17.6 Å². The first-order chi connectivity index (χ1) is 14.2. The zero-order valence-electron chi connectivity index (χ0n) is 19.0. The van der Waals surface area contributed by atoms with Gasteiger partial charge in [0.1, 0.15) is 0 Å². The normalized spacial score (nSPS) is 30.4. The van der Waals surface area contributed by atoms with Gasteiger partial charge >= 0.3 is 0 Å². The summed E-state index contributed by atoms with van der Waals surface area (Å²) in [4.78, 5) is 26.9. The Hall–Kier alpha value is -1.88. The molecule has 5 nitrogen and oxygen atoms in total. The van der Waals surface area contributed by atoms with E-state index in [4.69, 9.17) is 0 Å². The number of carbonyl (C=O) groups is 2. The summed E-state index contributed by atoms with van der Waals surface area (Å²) in [7, 11) is 1.83. The van der Waals surface area contributed by atoms with E-state index in [1.807, 2.05) is 39.1 Å². The number of hydrogen-bond acceptors (Lipinski definition) is 3. The summed E-state index contributed by atoms with van der Waals surface area (Å²) < 4.78 is 0. The average molecular weight is 412 g/mol. The molecule has 1 aromatic carbocycles. The summed E-state index contributed by atoms with van der Waals surface area (Å²) in [5.74, 6) is 2.58. The number of amides is 2. The van der Waals surface area contributed by atoms with Gasteiger partial charge in [0, 0.05) is 11.7 Å². The number of hydrogen-bond donors (Lipinski definition) is 2. The van der Waals surface area contributed by atoms with Gasteiger partial charge in [-0.1, -0.05) is 12.1 Å². The quantitative estimate of drug-likeness (QED) is 0.715. The number of likely N-dealkylation sites (N-methyl/N-ethyl adjacent to an activating group) is 1. The molecule has 1 atom stereocenters. The van der Waals surface area contributed by atoms with Gasteiger partial charge in [-0.05, 0) is 107 Å². The molecule has 30 heavy (non-hydrogen) atoms. The van der Waals surface area contributed by atoms with Crippen LogP contribution in [0.5, 0.6) is 0 Å². The van der Waals surface area contributed by atoms with Crippen molar-refractivity contribution in [1.29, 1.82) is 0 Å². The Kier molecular flexibility index (Phi) is 5.93. The highest BCUT2D eigenvalue weighted by Crippen LogP contribution is 2.61. The molecule has 0 heterocycles. The Morgan fingerprint density at radius 3 is 2.20 bits per heavy atom. The number of aryl methyl sites for hydroxylation is 1. The lowest BCUT2D eigenvalue weighted by atomic mass is 9.48. The molecule has 2 amide bonds. The van der Waals surface area contributed by atoms with Crippen LogP contribution in [0, 0.1) is 37.0 Å². The molecule has 0 spiro atoms. The van der Waals surface area contributed by atoms with Crippen LogP contribution >= 0.6 is 0 Å². The lowest BCUT2D eigenvalue weighted by Gasteiger charge is -2.59. The highest BCUT2D eigenvalue weighted by Gasteiger charge is 2.53. The molecule has 4 saturated carbocycles. The number of benzene rings is 1. The van der Waals surface area contributed by atoms with Crippen LogP contribution in [0.3, 0.4) is 0 Å². The zero-order chi connectivity index (χ0) is 21.5. The summed E-state index contributed by atoms with van der Waals surface area (Å²) in [6.45, 7) is 6.70. The second-order valence-electron chi connectivity index (χ2n) is 10.5. The third-order valence-electron chi connectivity index (χ3n) is 8.09. The van der Waals surface area contributed by atoms with Gasteiger partial charge in [0.05, 0.1) is 13.1 Å². The Bertz CT molecular complexity index is 783. The standard InChI is InChI=1S/C25H37N3O2/c1-16-6-5-7-22(17(16)2)27-24(30)15-28(4)14-23(29)26-18(3)25-11-19-8-20(12-25)10-21(9-19)13-25/h5-7,18-21H,8-15H2,1-4H3,(H,26,29)(H,27,30)/t18-,19?,20?,21?,25?/m0/s1. The number of nitrogens with zero attached hydrogens (tertiary/aromatic N) is 1. The van der Waals surface area contributed by atoms with Crippen LogP contribution < -0.4 is 10.6 Å². The van der Waals surface area contributed by atoms with Crippen molar-refractivity contribution in [3.8, 4) is 0 Å². The Morgan fingerprint density at radius 2 is 1.60 bits per heavy atom. The smallest absolute Gasteiger partial charge is 0.238 e. The molecular weight excluding hydrogens is 374 g/mol. The molecule has 5 heteroatoms. The molecule has 4 aliphatic rings. The van der Waals surface area contributed by atoms with Gasteiger partial charge in [0.2, 0.25) is 11.8 Å². The molecule has 0 aliphatic heterocycles. The maximum atomic E-state index is 12.7. The van der Waals surface area contributed by atoms with Crippen LogP contribution in [-0.2, 0) is 9.59 Å². The van der Waals surface area contributed by atoms with Gasteiger partial charge in [0.25, 0.3) is 0 Å². The lowest BCUT2D eigenvalue weighted by Crippen LogP contribution is -2.56. The number of rotatable bonds is 7. The molecule has 4 aliphatic carbocycles. The molecule has 0 aromatic heterocycles. The maximum absolute atomic E-state index is 12.7. The fourth-order valence-corrected chi connectivity index (χ4v) is 6.77. The number of anilines is 1. The van der Waals surface area contributed by atoms with E-state index < -0.39 is 0 Å². The Labute approximate surface area is 181 Å². The second-order valence-corrected chi connectivity index (χ2v) is 10.5. The molecule has 4 bridgehead atoms. The Morgan fingerprint density at radius 1 is 1.03 bits per heavy atom. The highest BCUT2D eigenvalue weighted by atomic mass is 16.2. The third-order valence-corrected chi connectivity index (χ3v) is 8.09. The lowest BCUT2D eigenvalue weighted by molar-refractivity contribution is -0.127. The van der Waals surface area contributed by atoms with Crippen molar-refractivity contribution in [1.82, 2.24) is 10.2 Å². The molecule has 4 fully saturated rings.